The number of hydrazine groups is 1. The quantitative estimate of drug-likeness (QED) is 0.429. The Kier molecular flexibility index (Phi) is 4.08. The van der Waals surface area contributed by atoms with Gasteiger partial charge in [-0.1, -0.05) is 0 Å². The molecule has 2 heterocycles. The standard InChI is InChI=1S/C14H16BrN5O4/c1-14(7-2-3-7)12(23)20(13(24)17-14)6-10(21)18-19-11(22)9-4-8(15)5-16-9/h4-5,7,16H,2-3,6H2,1H3,(H,17,24)(H,18,21)(H,19,22). The molecule has 1 aromatic rings. The van der Waals surface area contributed by atoms with Crippen LogP contribution in [0.15, 0.2) is 16.7 Å². The number of carbonyl (C=O) groups excluding carboxylic acids is 4. The van der Waals surface area contributed by atoms with Gasteiger partial charge in [-0.2, -0.15) is 0 Å². The number of aromatic amines is 1. The second kappa shape index (κ2) is 5.93. The molecule has 1 aliphatic carbocycles. The monoisotopic (exact) mass is 397 g/mol. The van der Waals surface area contributed by atoms with Crippen LogP contribution in [0.4, 0.5) is 4.79 Å². The molecule has 3 rings (SSSR count). The lowest BCUT2D eigenvalue weighted by Gasteiger charge is -2.20. The van der Waals surface area contributed by atoms with Crippen molar-refractivity contribution in [3.63, 3.8) is 0 Å². The summed E-state index contributed by atoms with van der Waals surface area (Å²) in [6.07, 6.45) is 3.33. The highest BCUT2D eigenvalue weighted by Crippen LogP contribution is 2.42. The molecule has 24 heavy (non-hydrogen) atoms. The van der Waals surface area contributed by atoms with E-state index < -0.39 is 35.8 Å². The second-order valence-electron chi connectivity index (χ2n) is 6.03. The third-order valence-corrected chi connectivity index (χ3v) is 4.66. The molecule has 5 amide bonds. The van der Waals surface area contributed by atoms with Gasteiger partial charge in [0, 0.05) is 10.7 Å². The number of halogens is 1. The predicted molar refractivity (Wildman–Crippen MR) is 85.5 cm³/mol. The maximum Gasteiger partial charge on any atom is 0.325 e. The molecule has 9 nitrogen and oxygen atoms in total. The van der Waals surface area contributed by atoms with Gasteiger partial charge in [0.2, 0.25) is 0 Å². The predicted octanol–water partition coefficient (Wildman–Crippen LogP) is 0.259. The molecule has 1 unspecified atom stereocenters. The third-order valence-electron chi connectivity index (χ3n) is 4.20. The molecule has 128 valence electrons. The number of urea groups is 1. The van der Waals surface area contributed by atoms with Crippen LogP contribution < -0.4 is 16.2 Å². The van der Waals surface area contributed by atoms with E-state index in [4.69, 9.17) is 0 Å². The van der Waals surface area contributed by atoms with Gasteiger partial charge in [0.15, 0.2) is 0 Å². The maximum absolute atomic E-state index is 12.4. The summed E-state index contributed by atoms with van der Waals surface area (Å²) in [5.74, 6) is -1.51. The number of aromatic nitrogens is 1. The van der Waals surface area contributed by atoms with Crippen molar-refractivity contribution in [3.05, 3.63) is 22.4 Å². The van der Waals surface area contributed by atoms with E-state index in [1.165, 1.54) is 0 Å². The molecule has 1 aliphatic heterocycles. The summed E-state index contributed by atoms with van der Waals surface area (Å²) in [4.78, 5) is 51.6. The molecule has 0 radical (unpaired) electrons. The SMILES string of the molecule is CC1(C2CC2)NC(=O)N(CC(=O)NNC(=O)c2cc(Br)c[nH]2)C1=O. The van der Waals surface area contributed by atoms with Crippen LogP contribution in [0.1, 0.15) is 30.3 Å². The molecule has 1 atom stereocenters. The minimum absolute atomic E-state index is 0.119. The molecule has 0 spiro atoms. The van der Waals surface area contributed by atoms with Gasteiger partial charge in [-0.15, -0.1) is 0 Å². The number of nitrogens with zero attached hydrogens (tertiary/aromatic N) is 1. The number of carbonyl (C=O) groups is 4. The van der Waals surface area contributed by atoms with Crippen LogP contribution in [0.3, 0.4) is 0 Å². The Hall–Kier alpha value is -2.36. The molecule has 1 aromatic heterocycles. The van der Waals surface area contributed by atoms with Gasteiger partial charge in [-0.3, -0.25) is 30.1 Å². The molecule has 0 aromatic carbocycles. The first-order valence-electron chi connectivity index (χ1n) is 7.38. The molecule has 2 aliphatic rings. The van der Waals surface area contributed by atoms with Crippen LogP contribution in [0.25, 0.3) is 0 Å². The fraction of sp³-hybridized carbons (Fsp3) is 0.429. The molecule has 10 heteroatoms. The number of hydrogen-bond acceptors (Lipinski definition) is 4. The fourth-order valence-electron chi connectivity index (χ4n) is 2.67. The molecular formula is C14H16BrN5O4. The van der Waals surface area contributed by atoms with E-state index in [0.29, 0.717) is 4.47 Å². The average molecular weight is 398 g/mol. The smallest absolute Gasteiger partial charge is 0.325 e. The van der Waals surface area contributed by atoms with Crippen molar-refractivity contribution in [1.82, 2.24) is 26.1 Å². The number of imide groups is 1. The van der Waals surface area contributed by atoms with E-state index in [-0.39, 0.29) is 11.6 Å². The van der Waals surface area contributed by atoms with Crippen LogP contribution in [-0.4, -0.2) is 45.7 Å². The number of nitrogens with one attached hydrogen (secondary N) is 4. The van der Waals surface area contributed by atoms with Gasteiger partial charge >= 0.3 is 6.03 Å². The maximum atomic E-state index is 12.4. The first kappa shape index (κ1) is 16.5. The van der Waals surface area contributed by atoms with Gasteiger partial charge in [-0.05, 0) is 47.7 Å². The number of rotatable bonds is 4. The topological polar surface area (TPSA) is 123 Å². The number of H-pyrrole nitrogens is 1. The zero-order valence-electron chi connectivity index (χ0n) is 12.8. The highest BCUT2D eigenvalue weighted by Gasteiger charge is 2.56. The summed E-state index contributed by atoms with van der Waals surface area (Å²) in [6.45, 7) is 1.22. The first-order valence-corrected chi connectivity index (χ1v) is 8.18. The summed E-state index contributed by atoms with van der Waals surface area (Å²) >= 11 is 3.19. The van der Waals surface area contributed by atoms with Gasteiger partial charge in [0.05, 0.1) is 0 Å². The number of amides is 5. The molecule has 1 saturated heterocycles. The minimum Gasteiger partial charge on any atom is -0.356 e. The van der Waals surface area contributed by atoms with Crippen LogP contribution in [0.2, 0.25) is 0 Å². The van der Waals surface area contributed by atoms with E-state index in [2.05, 4.69) is 37.1 Å². The first-order chi connectivity index (χ1) is 11.3. The summed E-state index contributed by atoms with van der Waals surface area (Å²) < 4.78 is 0.692. The lowest BCUT2D eigenvalue weighted by molar-refractivity contribution is -0.135. The summed E-state index contributed by atoms with van der Waals surface area (Å²) in [7, 11) is 0. The summed E-state index contributed by atoms with van der Waals surface area (Å²) in [6, 6.07) is 0.948. The largest absolute Gasteiger partial charge is 0.356 e. The Balaban J connectivity index is 1.54. The lowest BCUT2D eigenvalue weighted by Crippen LogP contribution is -2.49. The van der Waals surface area contributed by atoms with Crippen molar-refractivity contribution >= 4 is 39.7 Å². The van der Waals surface area contributed by atoms with Gasteiger partial charge in [-0.25, -0.2) is 4.79 Å². The highest BCUT2D eigenvalue weighted by molar-refractivity contribution is 9.10. The fourth-order valence-corrected chi connectivity index (χ4v) is 3.02. The van der Waals surface area contributed by atoms with Crippen LogP contribution in [0.5, 0.6) is 0 Å². The molecule has 1 saturated carbocycles. The average Bonchev–Trinajstić information content (AvgIpc) is 3.27. The van der Waals surface area contributed by atoms with E-state index in [1.54, 1.807) is 19.2 Å². The summed E-state index contributed by atoms with van der Waals surface area (Å²) in [5, 5.41) is 2.65. The van der Waals surface area contributed by atoms with Gasteiger partial charge in [0.25, 0.3) is 17.7 Å². The van der Waals surface area contributed by atoms with Crippen molar-refractivity contribution < 1.29 is 19.2 Å². The minimum atomic E-state index is -0.933. The third kappa shape index (κ3) is 3.01. The Morgan fingerprint density at radius 2 is 2.08 bits per heavy atom. The van der Waals surface area contributed by atoms with Crippen LogP contribution in [0, 0.1) is 5.92 Å². The highest BCUT2D eigenvalue weighted by atomic mass is 79.9. The van der Waals surface area contributed by atoms with Crippen molar-refractivity contribution in [1.29, 1.82) is 0 Å². The summed E-state index contributed by atoms with van der Waals surface area (Å²) in [5.41, 5.74) is 3.71. The zero-order valence-corrected chi connectivity index (χ0v) is 14.4. The lowest BCUT2D eigenvalue weighted by atomic mass is 9.96. The van der Waals surface area contributed by atoms with Crippen molar-refractivity contribution in [2.24, 2.45) is 5.92 Å². The molecule has 0 bridgehead atoms. The Labute approximate surface area is 145 Å². The molecule has 2 fully saturated rings. The molecular weight excluding hydrogens is 382 g/mol. The van der Waals surface area contributed by atoms with E-state index >= 15 is 0 Å². The Morgan fingerprint density at radius 3 is 2.67 bits per heavy atom. The van der Waals surface area contributed by atoms with Gasteiger partial charge < -0.3 is 10.3 Å². The zero-order chi connectivity index (χ0) is 17.5. The second-order valence-corrected chi connectivity index (χ2v) is 6.95. The van der Waals surface area contributed by atoms with Crippen molar-refractivity contribution in [3.8, 4) is 0 Å². The van der Waals surface area contributed by atoms with E-state index in [1.807, 2.05) is 0 Å². The number of hydrogen-bond donors (Lipinski definition) is 4. The molecule has 4 N–H and O–H groups in total. The van der Waals surface area contributed by atoms with Crippen LogP contribution in [-0.2, 0) is 9.59 Å². The van der Waals surface area contributed by atoms with Crippen molar-refractivity contribution in [2.75, 3.05) is 6.54 Å². The Morgan fingerprint density at radius 1 is 1.38 bits per heavy atom. The van der Waals surface area contributed by atoms with E-state index in [9.17, 15) is 19.2 Å². The Bertz CT molecular complexity index is 729. The van der Waals surface area contributed by atoms with Crippen LogP contribution >= 0.6 is 15.9 Å². The van der Waals surface area contributed by atoms with Crippen molar-refractivity contribution in [2.45, 2.75) is 25.3 Å². The van der Waals surface area contributed by atoms with Gasteiger partial charge in [0.1, 0.15) is 17.8 Å². The van der Waals surface area contributed by atoms with E-state index in [0.717, 1.165) is 17.7 Å². The normalized spacial score (nSPS) is 23.2.